The Hall–Kier alpha value is -2.15. The highest BCUT2D eigenvalue weighted by atomic mass is 32.2. The third-order valence-electron chi connectivity index (χ3n) is 2.41. The Morgan fingerprint density at radius 1 is 1.33 bits per heavy atom. The topological polar surface area (TPSA) is 80.5 Å². The molecule has 0 bridgehead atoms. The molecule has 0 radical (unpaired) electrons. The lowest BCUT2D eigenvalue weighted by atomic mass is 10.1. The number of thioether (sulfide) groups is 1. The number of carbonyl (C=O) groups excluding carboxylic acids is 2. The Labute approximate surface area is 106 Å². The first-order valence-corrected chi connectivity index (χ1v) is 5.77. The van der Waals surface area contributed by atoms with Gasteiger partial charge in [0, 0.05) is 13.1 Å². The lowest BCUT2D eigenvalue weighted by Crippen LogP contribution is -2.22. The molecule has 0 N–H and O–H groups in total. The van der Waals surface area contributed by atoms with Crippen molar-refractivity contribution in [1.29, 1.82) is 0 Å². The molecule has 0 unspecified atom stereocenters. The molecule has 2 amide bonds. The molecule has 1 fully saturated rings. The second-order valence-corrected chi connectivity index (χ2v) is 4.55. The molecule has 1 aromatic carbocycles. The molecule has 1 saturated heterocycles. The third-order valence-corrected chi connectivity index (χ3v) is 3.37. The minimum atomic E-state index is -0.526. The largest absolute Gasteiger partial charge is 0.293 e. The fraction of sp³-hybridized carbons (Fsp3) is 0.0909. The molecule has 1 heterocycles. The number of nitro groups is 1. The van der Waals surface area contributed by atoms with Gasteiger partial charge in [-0.1, -0.05) is 12.1 Å². The maximum atomic E-state index is 11.6. The Morgan fingerprint density at radius 2 is 2.00 bits per heavy atom. The Morgan fingerprint density at radius 3 is 2.56 bits per heavy atom. The van der Waals surface area contributed by atoms with Gasteiger partial charge in [0.05, 0.1) is 15.4 Å². The molecule has 2 rings (SSSR count). The standard InChI is InChI=1S/C11H8N2O4S/c1-12-10(14)9(18-11(12)15)6-7-4-2-3-5-8(7)13(16)17/h2-6H,1H3. The van der Waals surface area contributed by atoms with Crippen LogP contribution in [0.1, 0.15) is 5.56 Å². The molecule has 1 aliphatic rings. The smallest absolute Gasteiger partial charge is 0.272 e. The zero-order valence-electron chi connectivity index (χ0n) is 9.32. The van der Waals surface area contributed by atoms with Crippen molar-refractivity contribution in [2.45, 2.75) is 0 Å². The fourth-order valence-corrected chi connectivity index (χ4v) is 2.28. The van der Waals surface area contributed by atoms with Crippen LogP contribution in [0.15, 0.2) is 29.2 Å². The van der Waals surface area contributed by atoms with Crippen molar-refractivity contribution in [3.63, 3.8) is 0 Å². The quantitative estimate of drug-likeness (QED) is 0.465. The number of imide groups is 1. The molecule has 0 atom stereocenters. The second-order valence-electron chi connectivity index (χ2n) is 3.56. The summed E-state index contributed by atoms with van der Waals surface area (Å²) in [5.41, 5.74) is 0.210. The molecule has 18 heavy (non-hydrogen) atoms. The van der Waals surface area contributed by atoms with Crippen LogP contribution in [0.4, 0.5) is 10.5 Å². The predicted octanol–water partition coefficient (Wildman–Crippen LogP) is 2.26. The van der Waals surface area contributed by atoms with E-state index in [1.54, 1.807) is 12.1 Å². The van der Waals surface area contributed by atoms with Gasteiger partial charge in [-0.05, 0) is 23.9 Å². The number of nitrogens with zero attached hydrogens (tertiary/aromatic N) is 2. The van der Waals surface area contributed by atoms with Gasteiger partial charge in [-0.15, -0.1) is 0 Å². The van der Waals surface area contributed by atoms with Gasteiger partial charge < -0.3 is 0 Å². The molecule has 0 aliphatic carbocycles. The molecule has 92 valence electrons. The number of hydrogen-bond donors (Lipinski definition) is 0. The molecule has 0 spiro atoms. The summed E-state index contributed by atoms with van der Waals surface area (Å²) >= 11 is 0.773. The number of para-hydroxylation sites is 1. The van der Waals surface area contributed by atoms with E-state index >= 15 is 0 Å². The molecule has 6 nitrogen and oxygen atoms in total. The summed E-state index contributed by atoms with van der Waals surface area (Å²) in [6.45, 7) is 0. The van der Waals surface area contributed by atoms with Crippen LogP contribution in [-0.2, 0) is 4.79 Å². The van der Waals surface area contributed by atoms with Crippen molar-refractivity contribution >= 4 is 34.7 Å². The monoisotopic (exact) mass is 264 g/mol. The molecule has 7 heteroatoms. The van der Waals surface area contributed by atoms with E-state index in [-0.39, 0.29) is 15.8 Å². The van der Waals surface area contributed by atoms with E-state index in [0.717, 1.165) is 16.7 Å². The van der Waals surface area contributed by atoms with Crippen molar-refractivity contribution in [2.75, 3.05) is 7.05 Å². The van der Waals surface area contributed by atoms with Crippen LogP contribution in [0.3, 0.4) is 0 Å². The first-order chi connectivity index (χ1) is 8.50. The summed E-state index contributed by atoms with van der Waals surface area (Å²) in [5.74, 6) is -0.442. The van der Waals surface area contributed by atoms with Gasteiger partial charge in [0.25, 0.3) is 16.8 Å². The summed E-state index contributed by atoms with van der Waals surface area (Å²) in [6, 6.07) is 6.06. The number of benzene rings is 1. The van der Waals surface area contributed by atoms with E-state index in [0.29, 0.717) is 5.56 Å². The summed E-state index contributed by atoms with van der Waals surface area (Å²) < 4.78 is 0. The number of hydrogen-bond acceptors (Lipinski definition) is 5. The summed E-state index contributed by atoms with van der Waals surface area (Å²) in [6.07, 6.45) is 1.37. The van der Waals surface area contributed by atoms with E-state index in [4.69, 9.17) is 0 Å². The van der Waals surface area contributed by atoms with Crippen molar-refractivity contribution in [1.82, 2.24) is 4.90 Å². The maximum Gasteiger partial charge on any atom is 0.293 e. The number of nitro benzene ring substituents is 1. The van der Waals surface area contributed by atoms with Gasteiger partial charge in [0.1, 0.15) is 0 Å². The van der Waals surface area contributed by atoms with E-state index in [1.807, 2.05) is 0 Å². The minimum absolute atomic E-state index is 0.0968. The van der Waals surface area contributed by atoms with Crippen molar-refractivity contribution in [2.24, 2.45) is 0 Å². The van der Waals surface area contributed by atoms with Crippen LogP contribution < -0.4 is 0 Å². The van der Waals surface area contributed by atoms with Crippen LogP contribution >= 0.6 is 11.8 Å². The average Bonchev–Trinajstić information content (AvgIpc) is 2.57. The Kier molecular flexibility index (Phi) is 3.15. The van der Waals surface area contributed by atoms with Gasteiger partial charge in [-0.3, -0.25) is 24.6 Å². The normalized spacial score (nSPS) is 17.6. The molecule has 1 aliphatic heterocycles. The lowest BCUT2D eigenvalue weighted by molar-refractivity contribution is -0.385. The van der Waals surface area contributed by atoms with Gasteiger partial charge in [0.2, 0.25) is 0 Å². The first kappa shape index (κ1) is 12.3. The van der Waals surface area contributed by atoms with Gasteiger partial charge in [-0.25, -0.2) is 0 Å². The summed E-state index contributed by atoms with van der Waals surface area (Å²) in [4.78, 5) is 34.4. The molecule has 0 aromatic heterocycles. The van der Waals surface area contributed by atoms with Crippen LogP contribution in [0.25, 0.3) is 6.08 Å². The summed E-state index contributed by atoms with van der Waals surface area (Å²) in [7, 11) is 1.37. The third kappa shape index (κ3) is 2.12. The SMILES string of the molecule is CN1C(=O)SC(=Cc2ccccc2[N+](=O)[O-])C1=O. The van der Waals surface area contributed by atoms with Gasteiger partial charge >= 0.3 is 0 Å². The molecule has 1 aromatic rings. The van der Waals surface area contributed by atoms with E-state index in [9.17, 15) is 19.7 Å². The highest BCUT2D eigenvalue weighted by molar-refractivity contribution is 8.18. The zero-order valence-corrected chi connectivity index (χ0v) is 10.1. The Bertz CT molecular complexity index is 582. The maximum absolute atomic E-state index is 11.6. The van der Waals surface area contributed by atoms with Gasteiger partial charge in [0.15, 0.2) is 0 Å². The predicted molar refractivity (Wildman–Crippen MR) is 66.8 cm³/mol. The second kappa shape index (κ2) is 4.61. The molecule has 0 saturated carbocycles. The van der Waals surface area contributed by atoms with Crippen molar-refractivity contribution in [3.8, 4) is 0 Å². The zero-order chi connectivity index (χ0) is 13.3. The highest BCUT2D eigenvalue weighted by Crippen LogP contribution is 2.32. The van der Waals surface area contributed by atoms with Crippen LogP contribution in [0, 0.1) is 10.1 Å². The number of amides is 2. The van der Waals surface area contributed by atoms with E-state index in [1.165, 1.54) is 25.3 Å². The number of rotatable bonds is 2. The summed E-state index contributed by atoms with van der Waals surface area (Å²) in [5, 5.41) is 10.4. The van der Waals surface area contributed by atoms with E-state index in [2.05, 4.69) is 0 Å². The fourth-order valence-electron chi connectivity index (χ4n) is 1.46. The number of likely N-dealkylation sites (N-methyl/N-ethyl adjacent to an activating group) is 1. The van der Waals surface area contributed by atoms with Crippen LogP contribution in [0.2, 0.25) is 0 Å². The average molecular weight is 264 g/mol. The lowest BCUT2D eigenvalue weighted by Gasteiger charge is -2.01. The molecular weight excluding hydrogens is 256 g/mol. The van der Waals surface area contributed by atoms with E-state index < -0.39 is 10.8 Å². The van der Waals surface area contributed by atoms with Crippen molar-refractivity contribution < 1.29 is 14.5 Å². The van der Waals surface area contributed by atoms with Gasteiger partial charge in [-0.2, -0.15) is 0 Å². The van der Waals surface area contributed by atoms with Crippen LogP contribution in [0.5, 0.6) is 0 Å². The molecular formula is C11H8N2O4S. The Balaban J connectivity index is 2.43. The number of carbonyl (C=O) groups is 2. The highest BCUT2D eigenvalue weighted by Gasteiger charge is 2.32. The van der Waals surface area contributed by atoms with Crippen molar-refractivity contribution in [3.05, 3.63) is 44.8 Å². The van der Waals surface area contributed by atoms with Crippen LogP contribution in [-0.4, -0.2) is 28.0 Å². The first-order valence-electron chi connectivity index (χ1n) is 4.95. The minimum Gasteiger partial charge on any atom is -0.272 e.